The van der Waals surface area contributed by atoms with Gasteiger partial charge in [-0.1, -0.05) is 30.3 Å². The molecule has 3 aromatic rings. The summed E-state index contributed by atoms with van der Waals surface area (Å²) in [7, 11) is 1.64. The second-order valence-electron chi connectivity index (χ2n) is 4.23. The fraction of sp³-hybridized carbons (Fsp3) is 0.133. The molecule has 0 aliphatic rings. The number of ether oxygens (including phenoxy) is 1. The van der Waals surface area contributed by atoms with E-state index in [9.17, 15) is 0 Å². The number of fused-ring (bicyclic) bond motifs is 1. The molecule has 1 aromatic heterocycles. The zero-order chi connectivity index (χ0) is 13.2. The maximum atomic E-state index is 5.79. The number of oxazole rings is 1. The third-order valence-corrected chi connectivity index (χ3v) is 3.49. The Morgan fingerprint density at radius 2 is 2.00 bits per heavy atom. The molecule has 1 heterocycles. The Labute approximate surface area is 119 Å². The highest BCUT2D eigenvalue weighted by Gasteiger charge is 2.11. The van der Waals surface area contributed by atoms with Gasteiger partial charge in [-0.3, -0.25) is 0 Å². The van der Waals surface area contributed by atoms with Crippen LogP contribution in [0.1, 0.15) is 11.5 Å². The van der Waals surface area contributed by atoms with Crippen LogP contribution in [0.2, 0.25) is 0 Å². The lowest BCUT2D eigenvalue weighted by Crippen LogP contribution is -1.86. The van der Waals surface area contributed by atoms with Gasteiger partial charge in [0, 0.05) is 12.5 Å². The van der Waals surface area contributed by atoms with E-state index in [1.165, 1.54) is 5.56 Å². The van der Waals surface area contributed by atoms with Crippen molar-refractivity contribution in [1.82, 2.24) is 4.98 Å². The van der Waals surface area contributed by atoms with Crippen molar-refractivity contribution in [3.8, 4) is 5.75 Å². The van der Waals surface area contributed by atoms with Crippen LogP contribution in [-0.2, 0) is 6.42 Å². The fourth-order valence-corrected chi connectivity index (χ4v) is 2.49. The van der Waals surface area contributed by atoms with Crippen molar-refractivity contribution in [2.75, 3.05) is 7.11 Å². The zero-order valence-electron chi connectivity index (χ0n) is 10.4. The first-order chi connectivity index (χ1) is 9.26. The minimum absolute atomic E-state index is 0.685. The monoisotopic (exact) mass is 317 g/mol. The van der Waals surface area contributed by atoms with E-state index in [1.807, 2.05) is 30.3 Å². The van der Waals surface area contributed by atoms with E-state index in [4.69, 9.17) is 9.15 Å². The van der Waals surface area contributed by atoms with Gasteiger partial charge in [-0.25, -0.2) is 4.98 Å². The summed E-state index contributed by atoms with van der Waals surface area (Å²) in [4.78, 5) is 4.50. The molecule has 0 aliphatic heterocycles. The molecule has 3 nitrogen and oxygen atoms in total. The van der Waals surface area contributed by atoms with Crippen LogP contribution in [0.15, 0.2) is 51.4 Å². The summed E-state index contributed by atoms with van der Waals surface area (Å²) in [5.74, 6) is 1.47. The predicted molar refractivity (Wildman–Crippen MR) is 77.5 cm³/mol. The quantitative estimate of drug-likeness (QED) is 0.726. The highest BCUT2D eigenvalue weighted by molar-refractivity contribution is 9.10. The lowest BCUT2D eigenvalue weighted by atomic mass is 10.1. The Hall–Kier alpha value is -1.81. The van der Waals surface area contributed by atoms with Gasteiger partial charge in [0.1, 0.15) is 11.3 Å². The van der Waals surface area contributed by atoms with Gasteiger partial charge in [0.25, 0.3) is 0 Å². The standard InChI is InChI=1S/C15H12BrNO2/c1-18-11-8-12(16)15-13(9-11)17-14(19-15)7-10-5-3-2-4-6-10/h2-6,8-9H,7H2,1H3. The highest BCUT2D eigenvalue weighted by Crippen LogP contribution is 2.30. The van der Waals surface area contributed by atoms with Gasteiger partial charge < -0.3 is 9.15 Å². The second-order valence-corrected chi connectivity index (χ2v) is 5.08. The molecule has 0 unspecified atom stereocenters. The fourth-order valence-electron chi connectivity index (χ4n) is 1.98. The minimum Gasteiger partial charge on any atom is -0.497 e. The first-order valence-corrected chi connectivity index (χ1v) is 6.72. The van der Waals surface area contributed by atoms with Crippen LogP contribution in [0.4, 0.5) is 0 Å². The van der Waals surface area contributed by atoms with Gasteiger partial charge >= 0.3 is 0 Å². The molecule has 0 spiro atoms. The largest absolute Gasteiger partial charge is 0.497 e. The third-order valence-electron chi connectivity index (χ3n) is 2.90. The van der Waals surface area contributed by atoms with Crippen LogP contribution in [0, 0.1) is 0 Å². The molecule has 96 valence electrons. The normalized spacial score (nSPS) is 10.8. The van der Waals surface area contributed by atoms with Gasteiger partial charge in [0.15, 0.2) is 11.5 Å². The average Bonchev–Trinajstić information content (AvgIpc) is 2.83. The maximum Gasteiger partial charge on any atom is 0.199 e. The Balaban J connectivity index is 2.00. The van der Waals surface area contributed by atoms with Crippen LogP contribution < -0.4 is 4.74 Å². The first-order valence-electron chi connectivity index (χ1n) is 5.93. The molecule has 0 bridgehead atoms. The Kier molecular flexibility index (Phi) is 3.25. The topological polar surface area (TPSA) is 35.3 Å². The van der Waals surface area contributed by atoms with Crippen molar-refractivity contribution in [2.45, 2.75) is 6.42 Å². The molecule has 0 amide bonds. The number of hydrogen-bond donors (Lipinski definition) is 0. The molecule has 4 heteroatoms. The lowest BCUT2D eigenvalue weighted by Gasteiger charge is -1.98. The predicted octanol–water partition coefficient (Wildman–Crippen LogP) is 4.19. The van der Waals surface area contributed by atoms with Gasteiger partial charge in [0.2, 0.25) is 0 Å². The molecular formula is C15H12BrNO2. The van der Waals surface area contributed by atoms with E-state index in [1.54, 1.807) is 7.11 Å². The van der Waals surface area contributed by atoms with Crippen LogP contribution in [0.3, 0.4) is 0 Å². The van der Waals surface area contributed by atoms with E-state index < -0.39 is 0 Å². The molecule has 3 rings (SSSR count). The van der Waals surface area contributed by atoms with E-state index in [-0.39, 0.29) is 0 Å². The van der Waals surface area contributed by atoms with Crippen molar-refractivity contribution in [3.63, 3.8) is 0 Å². The number of hydrogen-bond acceptors (Lipinski definition) is 3. The average molecular weight is 318 g/mol. The Morgan fingerprint density at radius 3 is 2.74 bits per heavy atom. The summed E-state index contributed by atoms with van der Waals surface area (Å²) >= 11 is 3.47. The Bertz CT molecular complexity index is 707. The summed E-state index contributed by atoms with van der Waals surface area (Å²) < 4.78 is 11.9. The van der Waals surface area contributed by atoms with Crippen LogP contribution in [-0.4, -0.2) is 12.1 Å². The number of methoxy groups -OCH3 is 1. The van der Waals surface area contributed by atoms with Gasteiger partial charge in [-0.05, 0) is 27.6 Å². The van der Waals surface area contributed by atoms with Gasteiger partial charge in [0.05, 0.1) is 11.6 Å². The molecule has 0 radical (unpaired) electrons. The van der Waals surface area contributed by atoms with Crippen LogP contribution in [0.5, 0.6) is 5.75 Å². The molecule has 0 atom stereocenters. The lowest BCUT2D eigenvalue weighted by molar-refractivity contribution is 0.415. The Morgan fingerprint density at radius 1 is 1.21 bits per heavy atom. The van der Waals surface area contributed by atoms with Crippen molar-refractivity contribution in [1.29, 1.82) is 0 Å². The SMILES string of the molecule is COc1cc(Br)c2oc(Cc3ccccc3)nc2c1. The molecule has 0 saturated carbocycles. The number of rotatable bonds is 3. The van der Waals surface area contributed by atoms with Crippen molar-refractivity contribution >= 4 is 27.0 Å². The van der Waals surface area contributed by atoms with Crippen molar-refractivity contribution < 1.29 is 9.15 Å². The number of aromatic nitrogens is 1. The molecule has 2 aromatic carbocycles. The summed E-state index contributed by atoms with van der Waals surface area (Å²) in [5.41, 5.74) is 2.74. The zero-order valence-corrected chi connectivity index (χ0v) is 12.0. The molecular weight excluding hydrogens is 306 g/mol. The van der Waals surface area contributed by atoms with E-state index in [0.29, 0.717) is 12.3 Å². The summed E-state index contributed by atoms with van der Waals surface area (Å²) in [6.45, 7) is 0. The summed E-state index contributed by atoms with van der Waals surface area (Å²) in [5, 5.41) is 0. The molecule has 0 fully saturated rings. The molecule has 0 N–H and O–H groups in total. The van der Waals surface area contributed by atoms with E-state index in [0.717, 1.165) is 21.3 Å². The van der Waals surface area contributed by atoms with Gasteiger partial charge in [-0.15, -0.1) is 0 Å². The molecule has 0 saturated heterocycles. The van der Waals surface area contributed by atoms with E-state index >= 15 is 0 Å². The third kappa shape index (κ3) is 2.49. The van der Waals surface area contributed by atoms with Crippen molar-refractivity contribution in [2.24, 2.45) is 0 Å². The smallest absolute Gasteiger partial charge is 0.199 e. The second kappa shape index (κ2) is 5.05. The number of nitrogens with zero attached hydrogens (tertiary/aromatic N) is 1. The highest BCUT2D eigenvalue weighted by atomic mass is 79.9. The number of halogens is 1. The summed E-state index contributed by atoms with van der Waals surface area (Å²) in [6, 6.07) is 13.9. The van der Waals surface area contributed by atoms with Crippen LogP contribution >= 0.6 is 15.9 Å². The molecule has 19 heavy (non-hydrogen) atoms. The van der Waals surface area contributed by atoms with Gasteiger partial charge in [-0.2, -0.15) is 0 Å². The summed E-state index contributed by atoms with van der Waals surface area (Å²) in [6.07, 6.45) is 0.685. The first kappa shape index (κ1) is 12.2. The van der Waals surface area contributed by atoms with E-state index in [2.05, 4.69) is 33.0 Å². The molecule has 0 aliphatic carbocycles. The number of benzene rings is 2. The van der Waals surface area contributed by atoms with Crippen molar-refractivity contribution in [3.05, 3.63) is 58.4 Å². The minimum atomic E-state index is 0.685. The maximum absolute atomic E-state index is 5.79. The van der Waals surface area contributed by atoms with Crippen LogP contribution in [0.25, 0.3) is 11.1 Å².